The Morgan fingerprint density at radius 2 is 1.02 bits per heavy atom. The molecule has 0 N–H and O–H groups in total. The van der Waals surface area contributed by atoms with Crippen LogP contribution in [0.1, 0.15) is 42.4 Å². The van der Waals surface area contributed by atoms with E-state index in [1.807, 2.05) is 0 Å². The van der Waals surface area contributed by atoms with Gasteiger partial charge < -0.3 is 4.90 Å². The van der Waals surface area contributed by atoms with E-state index in [2.05, 4.69) is 193 Å². The van der Waals surface area contributed by atoms with Crippen molar-refractivity contribution in [2.45, 2.75) is 25.7 Å². The van der Waals surface area contributed by atoms with Crippen molar-refractivity contribution in [1.82, 2.24) is 0 Å². The van der Waals surface area contributed by atoms with Gasteiger partial charge in [-0.2, -0.15) is 0 Å². The monoisotopic (exact) mass is 701 g/mol. The van der Waals surface area contributed by atoms with Gasteiger partial charge in [0, 0.05) is 16.8 Å². The average molecular weight is 702 g/mol. The van der Waals surface area contributed by atoms with Crippen LogP contribution in [0.3, 0.4) is 0 Å². The standard InChI is InChI=1S/C54H39N/c1-3-15-37(16-4-1)41-19-9-11-27-51(41)55(52-28-12-10-20-42(52)38-17-5-2-6-18-38)40-32-29-36(30-33-40)39-31-34-44-47-24-14-25-48-49-26-13-23-46(54(49)50(44)35-39)43-21-7-8-22-45(43)53(47)48/h1,3-5,7,9-21,23-35H,2,6,8,22H2. The SMILES string of the molecule is C1=CC(c2ccccc2N(c2ccc(-c3ccc4c(c3)-c3c5cccc3-c3cccc-4c3C3=C5C=CCC3)cc2)c2ccccc2-c2ccccc2)=CCC1. The van der Waals surface area contributed by atoms with Crippen molar-refractivity contribution in [3.63, 3.8) is 0 Å². The van der Waals surface area contributed by atoms with E-state index < -0.39 is 0 Å². The number of rotatable bonds is 6. The highest BCUT2D eigenvalue weighted by Crippen LogP contribution is 2.56. The van der Waals surface area contributed by atoms with Gasteiger partial charge in [-0.05, 0) is 134 Å². The first-order valence-corrected chi connectivity index (χ1v) is 19.6. The third-order valence-electron chi connectivity index (χ3n) is 11.9. The van der Waals surface area contributed by atoms with E-state index in [0.717, 1.165) is 37.1 Å². The third-order valence-corrected chi connectivity index (χ3v) is 11.9. The molecule has 0 amide bonds. The molecule has 0 fully saturated rings. The molecule has 0 spiro atoms. The molecule has 11 rings (SSSR count). The number of nitrogens with zero attached hydrogens (tertiary/aromatic N) is 1. The minimum atomic E-state index is 1.06. The molecule has 0 unspecified atom stereocenters. The first kappa shape index (κ1) is 31.8. The number of fused-ring (bicyclic) bond motifs is 3. The molecule has 0 aliphatic heterocycles. The van der Waals surface area contributed by atoms with E-state index in [-0.39, 0.29) is 0 Å². The Morgan fingerprint density at radius 3 is 1.80 bits per heavy atom. The normalized spacial score (nSPS) is 14.5. The largest absolute Gasteiger partial charge is 0.309 e. The highest BCUT2D eigenvalue weighted by molar-refractivity contribution is 6.16. The maximum absolute atomic E-state index is 2.45. The van der Waals surface area contributed by atoms with Gasteiger partial charge in [-0.25, -0.2) is 0 Å². The van der Waals surface area contributed by atoms with E-state index in [0.29, 0.717) is 0 Å². The molecule has 7 aromatic carbocycles. The second kappa shape index (κ2) is 13.0. The van der Waals surface area contributed by atoms with Crippen molar-refractivity contribution in [1.29, 1.82) is 0 Å². The van der Waals surface area contributed by atoms with Crippen LogP contribution in [0, 0.1) is 0 Å². The second-order valence-corrected chi connectivity index (χ2v) is 15.0. The summed E-state index contributed by atoms with van der Waals surface area (Å²) in [6.45, 7) is 0. The fourth-order valence-corrected chi connectivity index (χ4v) is 9.43. The Labute approximate surface area is 323 Å². The fourth-order valence-electron chi connectivity index (χ4n) is 9.43. The van der Waals surface area contributed by atoms with Crippen LogP contribution >= 0.6 is 0 Å². The van der Waals surface area contributed by atoms with E-state index in [1.165, 1.54) is 94.7 Å². The van der Waals surface area contributed by atoms with Crippen LogP contribution < -0.4 is 4.90 Å². The average Bonchev–Trinajstić information content (AvgIpc) is 3.37. The quantitative estimate of drug-likeness (QED) is 0.167. The first-order chi connectivity index (χ1) is 27.3. The number of allylic oxidation sites excluding steroid dienone is 8. The molecule has 0 heterocycles. The summed E-state index contributed by atoms with van der Waals surface area (Å²) in [6, 6.07) is 58.6. The molecule has 0 aromatic heterocycles. The van der Waals surface area contributed by atoms with Gasteiger partial charge in [0.25, 0.3) is 0 Å². The number of anilines is 3. The Bertz CT molecular complexity index is 2790. The van der Waals surface area contributed by atoms with E-state index >= 15 is 0 Å². The lowest BCUT2D eigenvalue weighted by Crippen LogP contribution is -2.13. The van der Waals surface area contributed by atoms with Gasteiger partial charge in [-0.15, -0.1) is 0 Å². The summed E-state index contributed by atoms with van der Waals surface area (Å²) >= 11 is 0. The zero-order valence-electron chi connectivity index (χ0n) is 30.7. The molecule has 4 aliphatic carbocycles. The summed E-state index contributed by atoms with van der Waals surface area (Å²) in [5.74, 6) is 0. The number of para-hydroxylation sites is 2. The van der Waals surface area contributed by atoms with Gasteiger partial charge in [0.1, 0.15) is 0 Å². The molecular formula is C54H39N. The molecule has 1 nitrogen and oxygen atoms in total. The topological polar surface area (TPSA) is 3.24 Å². The molecule has 0 saturated heterocycles. The number of hydrogen-bond acceptors (Lipinski definition) is 1. The Hall–Kier alpha value is -6.70. The van der Waals surface area contributed by atoms with Crippen molar-refractivity contribution in [3.8, 4) is 55.6 Å². The lowest BCUT2D eigenvalue weighted by atomic mass is 9.80. The fraction of sp³-hybridized carbons (Fsp3) is 0.0741. The molecule has 55 heavy (non-hydrogen) atoms. The third kappa shape index (κ3) is 5.15. The Kier molecular flexibility index (Phi) is 7.52. The number of hydrogen-bond donors (Lipinski definition) is 0. The van der Waals surface area contributed by atoms with Crippen molar-refractivity contribution >= 4 is 33.8 Å². The van der Waals surface area contributed by atoms with Gasteiger partial charge in [0.2, 0.25) is 0 Å². The van der Waals surface area contributed by atoms with Crippen LogP contribution in [0.25, 0.3) is 72.4 Å². The maximum atomic E-state index is 2.45. The molecule has 0 atom stereocenters. The van der Waals surface area contributed by atoms with Gasteiger partial charge in [0.05, 0.1) is 11.4 Å². The first-order valence-electron chi connectivity index (χ1n) is 19.6. The summed E-state index contributed by atoms with van der Waals surface area (Å²) in [4.78, 5) is 2.45. The second-order valence-electron chi connectivity index (χ2n) is 15.0. The minimum absolute atomic E-state index is 1.06. The van der Waals surface area contributed by atoms with Crippen molar-refractivity contribution in [2.24, 2.45) is 0 Å². The van der Waals surface area contributed by atoms with Crippen molar-refractivity contribution in [2.75, 3.05) is 4.90 Å². The van der Waals surface area contributed by atoms with Crippen LogP contribution in [0.2, 0.25) is 0 Å². The highest BCUT2D eigenvalue weighted by Gasteiger charge is 2.32. The van der Waals surface area contributed by atoms with E-state index in [4.69, 9.17) is 0 Å². The Morgan fingerprint density at radius 1 is 0.382 bits per heavy atom. The zero-order valence-corrected chi connectivity index (χ0v) is 30.7. The van der Waals surface area contributed by atoms with Crippen LogP contribution in [0.4, 0.5) is 17.1 Å². The van der Waals surface area contributed by atoms with Gasteiger partial charge in [-0.3, -0.25) is 0 Å². The highest BCUT2D eigenvalue weighted by atomic mass is 15.1. The summed E-state index contributed by atoms with van der Waals surface area (Å²) < 4.78 is 0. The van der Waals surface area contributed by atoms with Gasteiger partial charge in [-0.1, -0.05) is 158 Å². The summed E-state index contributed by atoms with van der Waals surface area (Å²) in [5.41, 5.74) is 24.6. The van der Waals surface area contributed by atoms with Gasteiger partial charge >= 0.3 is 0 Å². The molecular weight excluding hydrogens is 663 g/mol. The minimum Gasteiger partial charge on any atom is -0.309 e. The van der Waals surface area contributed by atoms with Crippen LogP contribution in [0.15, 0.2) is 188 Å². The van der Waals surface area contributed by atoms with Crippen molar-refractivity contribution in [3.05, 3.63) is 205 Å². The zero-order chi connectivity index (χ0) is 36.3. The molecule has 6 bridgehead atoms. The lowest BCUT2D eigenvalue weighted by Gasteiger charge is -2.30. The molecule has 260 valence electrons. The van der Waals surface area contributed by atoms with Crippen LogP contribution in [0.5, 0.6) is 0 Å². The lowest BCUT2D eigenvalue weighted by molar-refractivity contribution is 1.04. The summed E-state index contributed by atoms with van der Waals surface area (Å²) in [6.07, 6.45) is 16.0. The molecule has 0 radical (unpaired) electrons. The number of benzene rings is 7. The van der Waals surface area contributed by atoms with Crippen molar-refractivity contribution < 1.29 is 0 Å². The van der Waals surface area contributed by atoms with E-state index in [9.17, 15) is 0 Å². The molecule has 7 aromatic rings. The smallest absolute Gasteiger partial charge is 0.0540 e. The predicted octanol–water partition coefficient (Wildman–Crippen LogP) is 15.1. The maximum Gasteiger partial charge on any atom is 0.0540 e. The Balaban J connectivity index is 1.06. The molecule has 0 saturated carbocycles. The van der Waals surface area contributed by atoms with E-state index in [1.54, 1.807) is 0 Å². The van der Waals surface area contributed by atoms with Crippen LogP contribution in [-0.2, 0) is 0 Å². The van der Waals surface area contributed by atoms with Gasteiger partial charge in [0.15, 0.2) is 0 Å². The summed E-state index contributed by atoms with van der Waals surface area (Å²) in [5, 5.41) is 0. The molecule has 1 heteroatoms. The molecule has 4 aliphatic rings. The summed E-state index contributed by atoms with van der Waals surface area (Å²) in [7, 11) is 0. The van der Waals surface area contributed by atoms with Crippen LogP contribution in [-0.4, -0.2) is 0 Å². The predicted molar refractivity (Wildman–Crippen MR) is 233 cm³/mol.